The van der Waals surface area contributed by atoms with Gasteiger partial charge in [0.05, 0.1) is 24.4 Å². The molecule has 0 aromatic rings. The molecule has 4 nitrogen and oxygen atoms in total. The molecule has 15 heavy (non-hydrogen) atoms. The van der Waals surface area contributed by atoms with Gasteiger partial charge in [0.1, 0.15) is 6.10 Å². The van der Waals surface area contributed by atoms with Crippen LogP contribution in [0.3, 0.4) is 0 Å². The summed E-state index contributed by atoms with van der Waals surface area (Å²) >= 11 is 0. The van der Waals surface area contributed by atoms with Crippen molar-refractivity contribution in [3.8, 4) is 0 Å². The Hall–Kier alpha value is -0.870. The second kappa shape index (κ2) is 3.94. The van der Waals surface area contributed by atoms with Crippen molar-refractivity contribution < 1.29 is 19.4 Å². The number of carbonyl (C=O) groups is 1. The van der Waals surface area contributed by atoms with Gasteiger partial charge in [0, 0.05) is 6.42 Å². The van der Waals surface area contributed by atoms with Crippen LogP contribution in [0.5, 0.6) is 0 Å². The molecule has 2 bridgehead atoms. The van der Waals surface area contributed by atoms with Crippen LogP contribution in [0.25, 0.3) is 0 Å². The molecule has 4 heteroatoms. The molecule has 0 amide bonds. The van der Waals surface area contributed by atoms with E-state index < -0.39 is 5.97 Å². The van der Waals surface area contributed by atoms with Crippen LogP contribution in [-0.2, 0) is 14.3 Å². The minimum atomic E-state index is -0.508. The van der Waals surface area contributed by atoms with E-state index in [1.807, 2.05) is 0 Å². The van der Waals surface area contributed by atoms with E-state index in [4.69, 9.17) is 14.6 Å². The lowest BCUT2D eigenvalue weighted by Gasteiger charge is -2.23. The summed E-state index contributed by atoms with van der Waals surface area (Å²) in [4.78, 5) is 11.4. The number of ether oxygens (including phenoxy) is 2. The fraction of sp³-hybridized carbons (Fsp3) is 0.727. The maximum Gasteiger partial charge on any atom is 0.336 e. The Morgan fingerprint density at radius 1 is 1.60 bits per heavy atom. The van der Waals surface area contributed by atoms with Crippen LogP contribution in [0.2, 0.25) is 0 Å². The molecule has 2 heterocycles. The number of esters is 1. The van der Waals surface area contributed by atoms with E-state index in [-0.39, 0.29) is 30.5 Å². The van der Waals surface area contributed by atoms with E-state index in [1.165, 1.54) is 0 Å². The molecule has 4 unspecified atom stereocenters. The van der Waals surface area contributed by atoms with Gasteiger partial charge in [0.25, 0.3) is 0 Å². The molecule has 2 fully saturated rings. The molecule has 0 aliphatic carbocycles. The van der Waals surface area contributed by atoms with E-state index in [1.54, 1.807) is 0 Å². The number of carbonyl (C=O) groups excluding carboxylic acids is 1. The van der Waals surface area contributed by atoms with Crippen LogP contribution in [0.1, 0.15) is 19.8 Å². The Balaban J connectivity index is 1.91. The first kappa shape index (κ1) is 10.6. The molecule has 0 aromatic carbocycles. The molecule has 0 radical (unpaired) electrons. The highest BCUT2D eigenvalue weighted by Gasteiger charge is 2.47. The van der Waals surface area contributed by atoms with Crippen LogP contribution < -0.4 is 0 Å². The fourth-order valence-corrected chi connectivity index (χ4v) is 2.36. The highest BCUT2D eigenvalue weighted by atomic mass is 16.6. The predicted molar refractivity (Wildman–Crippen MR) is 53.2 cm³/mol. The highest BCUT2D eigenvalue weighted by molar-refractivity contribution is 5.88. The summed E-state index contributed by atoms with van der Waals surface area (Å²) in [6, 6.07) is 0. The summed E-state index contributed by atoms with van der Waals surface area (Å²) in [5.41, 5.74) is 0.102. The summed E-state index contributed by atoms with van der Waals surface area (Å²) in [6.07, 6.45) is 1.95. The Morgan fingerprint density at radius 3 is 2.87 bits per heavy atom. The normalized spacial score (nSPS) is 38.0. The molecular formula is C11H16O4. The molecule has 2 rings (SSSR count). The Morgan fingerprint density at radius 2 is 2.33 bits per heavy atom. The second-order valence-electron chi connectivity index (χ2n) is 4.38. The van der Waals surface area contributed by atoms with Gasteiger partial charge < -0.3 is 14.6 Å². The van der Waals surface area contributed by atoms with E-state index >= 15 is 0 Å². The van der Waals surface area contributed by atoms with E-state index in [0.717, 1.165) is 12.8 Å². The predicted octanol–water partition coefficient (Wildman–Crippen LogP) is 0.644. The third-order valence-corrected chi connectivity index (χ3v) is 3.14. The van der Waals surface area contributed by atoms with Crippen molar-refractivity contribution in [3.63, 3.8) is 0 Å². The molecule has 2 aliphatic heterocycles. The largest absolute Gasteiger partial charge is 0.456 e. The van der Waals surface area contributed by atoms with Gasteiger partial charge in [-0.05, 0) is 12.3 Å². The van der Waals surface area contributed by atoms with Crippen molar-refractivity contribution in [3.05, 3.63) is 12.2 Å². The average molecular weight is 212 g/mol. The average Bonchev–Trinajstić information content (AvgIpc) is 2.74. The van der Waals surface area contributed by atoms with Gasteiger partial charge in [0.2, 0.25) is 0 Å². The van der Waals surface area contributed by atoms with Crippen LogP contribution in [0.15, 0.2) is 12.2 Å². The summed E-state index contributed by atoms with van der Waals surface area (Å²) in [5.74, 6) is -0.0604. The Labute approximate surface area is 88.9 Å². The molecule has 0 aromatic heterocycles. The van der Waals surface area contributed by atoms with Gasteiger partial charge >= 0.3 is 5.97 Å². The summed E-state index contributed by atoms with van der Waals surface area (Å²) in [5, 5.41) is 8.73. The summed E-state index contributed by atoms with van der Waals surface area (Å²) < 4.78 is 10.9. The number of aliphatic hydroxyl groups is 1. The molecule has 0 saturated carbocycles. The Bertz CT molecular complexity index is 286. The lowest BCUT2D eigenvalue weighted by Crippen LogP contribution is -2.33. The maximum atomic E-state index is 11.4. The topological polar surface area (TPSA) is 55.8 Å². The minimum absolute atomic E-state index is 0.0328. The first-order valence-electron chi connectivity index (χ1n) is 5.27. The lowest BCUT2D eigenvalue weighted by atomic mass is 9.88. The fourth-order valence-electron chi connectivity index (χ4n) is 2.36. The van der Waals surface area contributed by atoms with Gasteiger partial charge in [-0.2, -0.15) is 0 Å². The standard InChI is InChI=1S/C11H16O4/c1-6-3-8-4-9(10(6)14-8)15-11(13)7(2)5-12/h6,8-10,12H,2-5H2,1H3. The van der Waals surface area contributed by atoms with Crippen molar-refractivity contribution >= 4 is 5.97 Å². The van der Waals surface area contributed by atoms with Crippen molar-refractivity contribution in [1.82, 2.24) is 0 Å². The third-order valence-electron chi connectivity index (χ3n) is 3.14. The molecule has 2 aliphatic rings. The van der Waals surface area contributed by atoms with Crippen molar-refractivity contribution in [1.29, 1.82) is 0 Å². The zero-order chi connectivity index (χ0) is 11.0. The van der Waals surface area contributed by atoms with Crippen molar-refractivity contribution in [2.24, 2.45) is 5.92 Å². The number of hydrogen-bond donors (Lipinski definition) is 1. The maximum absolute atomic E-state index is 11.4. The SMILES string of the molecule is C=C(CO)C(=O)OC1CC2CC(C)C1O2. The first-order valence-corrected chi connectivity index (χ1v) is 5.27. The zero-order valence-electron chi connectivity index (χ0n) is 8.81. The third kappa shape index (κ3) is 1.92. The van der Waals surface area contributed by atoms with Crippen molar-refractivity contribution in [2.75, 3.05) is 6.61 Å². The van der Waals surface area contributed by atoms with E-state index in [2.05, 4.69) is 13.5 Å². The lowest BCUT2D eigenvalue weighted by molar-refractivity contribution is -0.148. The van der Waals surface area contributed by atoms with Gasteiger partial charge in [-0.1, -0.05) is 13.5 Å². The van der Waals surface area contributed by atoms with E-state index in [9.17, 15) is 4.79 Å². The zero-order valence-corrected chi connectivity index (χ0v) is 8.81. The number of aliphatic hydroxyl groups excluding tert-OH is 1. The summed E-state index contributed by atoms with van der Waals surface area (Å²) in [7, 11) is 0. The Kier molecular flexibility index (Phi) is 2.80. The van der Waals surface area contributed by atoms with Crippen LogP contribution in [0.4, 0.5) is 0 Å². The molecule has 4 atom stereocenters. The molecular weight excluding hydrogens is 196 g/mol. The number of rotatable bonds is 3. The van der Waals surface area contributed by atoms with Gasteiger partial charge in [0.15, 0.2) is 0 Å². The quantitative estimate of drug-likeness (QED) is 0.551. The van der Waals surface area contributed by atoms with E-state index in [0.29, 0.717) is 5.92 Å². The van der Waals surface area contributed by atoms with Gasteiger partial charge in [-0.15, -0.1) is 0 Å². The number of fused-ring (bicyclic) bond motifs is 2. The van der Waals surface area contributed by atoms with Crippen molar-refractivity contribution in [2.45, 2.75) is 38.1 Å². The second-order valence-corrected chi connectivity index (χ2v) is 4.38. The molecule has 2 saturated heterocycles. The van der Waals surface area contributed by atoms with Crippen LogP contribution in [0, 0.1) is 5.92 Å². The van der Waals surface area contributed by atoms with Gasteiger partial charge in [-0.25, -0.2) is 4.79 Å². The van der Waals surface area contributed by atoms with Gasteiger partial charge in [-0.3, -0.25) is 0 Å². The first-order chi connectivity index (χ1) is 7.11. The minimum Gasteiger partial charge on any atom is -0.456 e. The summed E-state index contributed by atoms with van der Waals surface area (Å²) in [6.45, 7) is 5.18. The van der Waals surface area contributed by atoms with Crippen LogP contribution >= 0.6 is 0 Å². The monoisotopic (exact) mass is 212 g/mol. The highest BCUT2D eigenvalue weighted by Crippen LogP contribution is 2.40. The molecule has 0 spiro atoms. The molecule has 1 N–H and O–H groups in total. The van der Waals surface area contributed by atoms with Crippen LogP contribution in [-0.4, -0.2) is 36.0 Å². The molecule has 84 valence electrons. The smallest absolute Gasteiger partial charge is 0.336 e. The number of hydrogen-bond acceptors (Lipinski definition) is 4.